The molecule has 0 spiro atoms. The molecule has 0 saturated carbocycles. The fraction of sp³-hybridized carbons (Fsp3) is 0.222. The summed E-state index contributed by atoms with van der Waals surface area (Å²) in [5.41, 5.74) is 8.05. The Kier molecular flexibility index (Phi) is 5.74. The highest BCUT2D eigenvalue weighted by atomic mass is 16.5. The van der Waals surface area contributed by atoms with Crippen molar-refractivity contribution in [2.24, 2.45) is 5.73 Å². The molecular weight excluding hydrogens is 292 g/mol. The molecule has 120 valence electrons. The smallest absolute Gasteiger partial charge is 0.329 e. The van der Waals surface area contributed by atoms with E-state index < -0.39 is 18.0 Å². The summed E-state index contributed by atoms with van der Waals surface area (Å²) in [4.78, 5) is 23.4. The summed E-state index contributed by atoms with van der Waals surface area (Å²) in [7, 11) is 0. The summed E-state index contributed by atoms with van der Waals surface area (Å²) in [6.07, 6.45) is 0.330. The van der Waals surface area contributed by atoms with Gasteiger partial charge in [-0.2, -0.15) is 0 Å². The van der Waals surface area contributed by atoms with Gasteiger partial charge in [-0.25, -0.2) is 9.59 Å². The van der Waals surface area contributed by atoms with E-state index in [9.17, 15) is 9.59 Å². The number of primary amides is 1. The zero-order valence-electron chi connectivity index (χ0n) is 13.0. The van der Waals surface area contributed by atoms with Crippen LogP contribution < -0.4 is 11.1 Å². The highest BCUT2D eigenvalue weighted by molar-refractivity contribution is 5.83. The van der Waals surface area contributed by atoms with E-state index in [1.54, 1.807) is 0 Å². The minimum Gasteiger partial charge on any atom is -0.459 e. The maximum absolute atomic E-state index is 12.3. The molecule has 2 aromatic carbocycles. The minimum absolute atomic E-state index is 0.164. The summed E-state index contributed by atoms with van der Waals surface area (Å²) in [5, 5.41) is 2.44. The molecule has 1 atom stereocenters. The average molecular weight is 312 g/mol. The monoisotopic (exact) mass is 312 g/mol. The van der Waals surface area contributed by atoms with Gasteiger partial charge in [0, 0.05) is 6.42 Å². The Morgan fingerprint density at radius 1 is 1.09 bits per heavy atom. The zero-order valence-corrected chi connectivity index (χ0v) is 13.0. The Balaban J connectivity index is 2.01. The number of ether oxygens (including phenoxy) is 1. The molecule has 0 aromatic heterocycles. The van der Waals surface area contributed by atoms with E-state index >= 15 is 0 Å². The number of hydrogen-bond donors (Lipinski definition) is 2. The fourth-order valence-electron chi connectivity index (χ4n) is 2.24. The lowest BCUT2D eigenvalue weighted by Gasteiger charge is -2.17. The Hall–Kier alpha value is -2.82. The van der Waals surface area contributed by atoms with Crippen molar-refractivity contribution in [1.82, 2.24) is 5.32 Å². The predicted octanol–water partition coefficient (Wildman–Crippen LogP) is 2.32. The van der Waals surface area contributed by atoms with E-state index in [0.717, 1.165) is 16.7 Å². The van der Waals surface area contributed by atoms with E-state index in [0.29, 0.717) is 6.42 Å². The first kappa shape index (κ1) is 16.5. The van der Waals surface area contributed by atoms with E-state index in [2.05, 4.69) is 5.32 Å². The van der Waals surface area contributed by atoms with Crippen LogP contribution in [0.3, 0.4) is 0 Å². The van der Waals surface area contributed by atoms with Gasteiger partial charge in [0.2, 0.25) is 0 Å². The molecule has 0 bridgehead atoms. The molecule has 2 rings (SSSR count). The van der Waals surface area contributed by atoms with Gasteiger partial charge in [0.15, 0.2) is 0 Å². The minimum atomic E-state index is -0.807. The second-order valence-electron chi connectivity index (χ2n) is 5.29. The Bertz CT molecular complexity index is 671. The third-order valence-corrected chi connectivity index (χ3v) is 3.51. The van der Waals surface area contributed by atoms with Crippen molar-refractivity contribution in [3.63, 3.8) is 0 Å². The highest BCUT2D eigenvalue weighted by Gasteiger charge is 2.22. The molecule has 0 aliphatic heterocycles. The van der Waals surface area contributed by atoms with Crippen LogP contribution in [0.2, 0.25) is 0 Å². The number of nitrogens with one attached hydrogen (secondary N) is 1. The number of amides is 2. The normalized spacial score (nSPS) is 11.5. The lowest BCUT2D eigenvalue weighted by molar-refractivity contribution is -0.147. The van der Waals surface area contributed by atoms with E-state index in [1.807, 2.05) is 61.5 Å². The van der Waals surface area contributed by atoms with Gasteiger partial charge in [-0.3, -0.25) is 0 Å². The average Bonchev–Trinajstić information content (AvgIpc) is 2.54. The Morgan fingerprint density at radius 2 is 1.74 bits per heavy atom. The number of benzene rings is 2. The molecule has 0 fully saturated rings. The van der Waals surface area contributed by atoms with Crippen molar-refractivity contribution in [3.8, 4) is 0 Å². The summed E-state index contributed by atoms with van der Waals surface area (Å²) >= 11 is 0. The van der Waals surface area contributed by atoms with Gasteiger partial charge in [0.1, 0.15) is 12.6 Å². The van der Waals surface area contributed by atoms with Crippen molar-refractivity contribution in [2.45, 2.75) is 26.0 Å². The lowest BCUT2D eigenvalue weighted by atomic mass is 10.1. The van der Waals surface area contributed by atoms with Gasteiger partial charge in [0.25, 0.3) is 0 Å². The number of rotatable bonds is 6. The standard InChI is InChI=1S/C18H20N2O3/c1-13-7-5-6-10-15(13)12-23-17(21)16(20-18(19)22)11-14-8-3-2-4-9-14/h2-10,16H,11-12H2,1H3,(H3,19,20,22)/t16-/m0/s1. The largest absolute Gasteiger partial charge is 0.459 e. The van der Waals surface area contributed by atoms with Crippen LogP contribution in [-0.2, 0) is 22.6 Å². The summed E-state index contributed by atoms with van der Waals surface area (Å²) in [6, 6.07) is 15.5. The number of hydrogen-bond acceptors (Lipinski definition) is 3. The molecule has 2 aromatic rings. The van der Waals surface area contributed by atoms with Crippen molar-refractivity contribution in [3.05, 3.63) is 71.3 Å². The van der Waals surface area contributed by atoms with Crippen molar-refractivity contribution >= 4 is 12.0 Å². The first-order chi connectivity index (χ1) is 11.1. The number of nitrogens with two attached hydrogens (primary N) is 1. The molecule has 0 saturated heterocycles. The van der Waals surface area contributed by atoms with Gasteiger partial charge in [0.05, 0.1) is 0 Å². The molecule has 0 unspecified atom stereocenters. The van der Waals surface area contributed by atoms with Crippen molar-refractivity contribution < 1.29 is 14.3 Å². The van der Waals surface area contributed by atoms with Gasteiger partial charge < -0.3 is 15.8 Å². The summed E-state index contributed by atoms with van der Waals surface area (Å²) in [5.74, 6) is -0.504. The second-order valence-corrected chi connectivity index (χ2v) is 5.29. The van der Waals surface area contributed by atoms with Crippen LogP contribution in [-0.4, -0.2) is 18.0 Å². The molecule has 0 radical (unpaired) electrons. The lowest BCUT2D eigenvalue weighted by Crippen LogP contribution is -2.45. The van der Waals surface area contributed by atoms with E-state index in [-0.39, 0.29) is 6.61 Å². The molecule has 5 nitrogen and oxygen atoms in total. The number of carbonyl (C=O) groups excluding carboxylic acids is 2. The molecular formula is C18H20N2O3. The first-order valence-electron chi connectivity index (χ1n) is 7.37. The zero-order chi connectivity index (χ0) is 16.7. The van der Waals surface area contributed by atoms with Crippen LogP contribution in [0.15, 0.2) is 54.6 Å². The van der Waals surface area contributed by atoms with Crippen LogP contribution in [0, 0.1) is 6.92 Å². The molecule has 3 N–H and O–H groups in total. The Morgan fingerprint density at radius 3 is 2.39 bits per heavy atom. The highest BCUT2D eigenvalue weighted by Crippen LogP contribution is 2.10. The molecule has 0 heterocycles. The predicted molar refractivity (Wildman–Crippen MR) is 87.6 cm³/mol. The third kappa shape index (κ3) is 5.14. The van der Waals surface area contributed by atoms with Crippen LogP contribution >= 0.6 is 0 Å². The molecule has 23 heavy (non-hydrogen) atoms. The number of carbonyl (C=O) groups is 2. The number of aryl methyl sites for hydroxylation is 1. The SMILES string of the molecule is Cc1ccccc1COC(=O)[C@H](Cc1ccccc1)NC(N)=O. The first-order valence-corrected chi connectivity index (χ1v) is 7.37. The van der Waals surface area contributed by atoms with Crippen molar-refractivity contribution in [1.29, 1.82) is 0 Å². The number of esters is 1. The van der Waals surface area contributed by atoms with Crippen LogP contribution in [0.5, 0.6) is 0 Å². The Labute approximate surface area is 135 Å². The van der Waals surface area contributed by atoms with Crippen LogP contribution in [0.4, 0.5) is 4.79 Å². The van der Waals surface area contributed by atoms with Gasteiger partial charge in [-0.1, -0.05) is 54.6 Å². The molecule has 0 aliphatic rings. The summed E-state index contributed by atoms with van der Waals surface area (Å²) in [6.45, 7) is 2.11. The van der Waals surface area contributed by atoms with Crippen LogP contribution in [0.1, 0.15) is 16.7 Å². The molecule has 2 amide bonds. The van der Waals surface area contributed by atoms with Gasteiger partial charge in [-0.15, -0.1) is 0 Å². The van der Waals surface area contributed by atoms with Gasteiger partial charge in [-0.05, 0) is 23.6 Å². The van der Waals surface area contributed by atoms with Gasteiger partial charge >= 0.3 is 12.0 Å². The van der Waals surface area contributed by atoms with Crippen LogP contribution in [0.25, 0.3) is 0 Å². The van der Waals surface area contributed by atoms with E-state index in [4.69, 9.17) is 10.5 Å². The molecule has 5 heteroatoms. The second kappa shape index (κ2) is 7.98. The quantitative estimate of drug-likeness (QED) is 0.803. The molecule has 0 aliphatic carbocycles. The third-order valence-electron chi connectivity index (χ3n) is 3.51. The summed E-state index contributed by atoms with van der Waals surface area (Å²) < 4.78 is 5.33. The maximum Gasteiger partial charge on any atom is 0.329 e. The fourth-order valence-corrected chi connectivity index (χ4v) is 2.24. The number of urea groups is 1. The van der Waals surface area contributed by atoms with Crippen molar-refractivity contribution in [2.75, 3.05) is 0 Å². The maximum atomic E-state index is 12.3. The van der Waals surface area contributed by atoms with E-state index in [1.165, 1.54) is 0 Å². The topological polar surface area (TPSA) is 81.4 Å².